The van der Waals surface area contributed by atoms with Gasteiger partial charge in [-0.3, -0.25) is 0 Å². The highest BCUT2D eigenvalue weighted by Gasteiger charge is 2.49. The monoisotopic (exact) mass is 335 g/mol. The summed E-state index contributed by atoms with van der Waals surface area (Å²) in [5, 5.41) is 3.57. The molecule has 2 nitrogen and oxygen atoms in total. The fourth-order valence-electron chi connectivity index (χ4n) is 3.38. The summed E-state index contributed by atoms with van der Waals surface area (Å²) in [6.07, 6.45) is 1.00. The van der Waals surface area contributed by atoms with E-state index in [9.17, 15) is 0 Å². The Balaban J connectivity index is 2.36. The Morgan fingerprint density at radius 3 is 2.45 bits per heavy atom. The molecule has 0 radical (unpaired) electrons. The summed E-state index contributed by atoms with van der Waals surface area (Å²) >= 11 is 13.9. The molecule has 5 heteroatoms. The van der Waals surface area contributed by atoms with Crippen molar-refractivity contribution in [2.75, 3.05) is 6.54 Å². The third-order valence-corrected chi connectivity index (χ3v) is 5.51. The van der Waals surface area contributed by atoms with Crippen molar-refractivity contribution in [3.8, 4) is 0 Å². The second-order valence-electron chi connectivity index (χ2n) is 6.59. The molecule has 2 atom stereocenters. The molecule has 20 heavy (non-hydrogen) atoms. The summed E-state index contributed by atoms with van der Waals surface area (Å²) in [6, 6.07) is 2.16. The molecule has 0 aromatic carbocycles. The van der Waals surface area contributed by atoms with Crippen LogP contribution >= 0.6 is 34.5 Å². The second-order valence-corrected chi connectivity index (χ2v) is 8.88. The molecule has 0 saturated carbocycles. The van der Waals surface area contributed by atoms with Crippen molar-refractivity contribution < 1.29 is 4.74 Å². The van der Waals surface area contributed by atoms with Gasteiger partial charge in [-0.25, -0.2) is 0 Å². The van der Waals surface area contributed by atoms with Crippen LogP contribution in [0.15, 0.2) is 6.07 Å². The van der Waals surface area contributed by atoms with Gasteiger partial charge in [0.2, 0.25) is 0 Å². The van der Waals surface area contributed by atoms with Crippen LogP contribution in [0, 0.1) is 5.92 Å². The molecule has 0 bridgehead atoms. The van der Waals surface area contributed by atoms with Crippen molar-refractivity contribution >= 4 is 34.5 Å². The van der Waals surface area contributed by atoms with E-state index in [4.69, 9.17) is 27.9 Å². The van der Waals surface area contributed by atoms with Gasteiger partial charge in [-0.2, -0.15) is 0 Å². The van der Waals surface area contributed by atoms with Crippen LogP contribution in [0.1, 0.15) is 52.6 Å². The highest BCUT2D eigenvalue weighted by molar-refractivity contribution is 7.20. The highest BCUT2D eigenvalue weighted by Crippen LogP contribution is 2.49. The van der Waals surface area contributed by atoms with Crippen molar-refractivity contribution in [1.29, 1.82) is 0 Å². The summed E-state index contributed by atoms with van der Waals surface area (Å²) in [7, 11) is 0. The van der Waals surface area contributed by atoms with E-state index in [2.05, 4.69) is 39.9 Å². The Kier molecular flexibility index (Phi) is 4.78. The lowest BCUT2D eigenvalue weighted by molar-refractivity contribution is -0.0778. The number of thiophene rings is 1. The van der Waals surface area contributed by atoms with Gasteiger partial charge in [0.15, 0.2) is 0 Å². The number of ether oxygens (including phenoxy) is 1. The van der Waals surface area contributed by atoms with Crippen LogP contribution in [-0.2, 0) is 4.74 Å². The second kappa shape index (κ2) is 5.77. The van der Waals surface area contributed by atoms with E-state index in [1.165, 1.54) is 11.3 Å². The predicted octanol–water partition coefficient (Wildman–Crippen LogP) is 5.30. The molecule has 1 aliphatic rings. The Morgan fingerprint density at radius 1 is 1.40 bits per heavy atom. The molecule has 0 spiro atoms. The van der Waals surface area contributed by atoms with Gasteiger partial charge in [0.25, 0.3) is 0 Å². The molecule has 114 valence electrons. The van der Waals surface area contributed by atoms with Gasteiger partial charge in [-0.15, -0.1) is 11.3 Å². The van der Waals surface area contributed by atoms with Crippen molar-refractivity contribution in [2.45, 2.75) is 58.3 Å². The first-order valence-electron chi connectivity index (χ1n) is 7.04. The summed E-state index contributed by atoms with van der Waals surface area (Å²) in [5.41, 5.74) is 0.810. The van der Waals surface area contributed by atoms with Crippen LogP contribution in [0.2, 0.25) is 8.67 Å². The third-order valence-electron chi connectivity index (χ3n) is 3.99. The molecular weight excluding hydrogens is 313 g/mol. The van der Waals surface area contributed by atoms with Crippen LogP contribution < -0.4 is 5.32 Å². The minimum Gasteiger partial charge on any atom is -0.369 e. The summed E-state index contributed by atoms with van der Waals surface area (Å²) in [6.45, 7) is 11.6. The molecule has 1 saturated heterocycles. The molecule has 1 fully saturated rings. The summed E-state index contributed by atoms with van der Waals surface area (Å²) in [5.74, 6) is 0.362. The summed E-state index contributed by atoms with van der Waals surface area (Å²) < 4.78 is 7.75. The minimum atomic E-state index is -0.186. The van der Waals surface area contributed by atoms with E-state index in [1.54, 1.807) is 0 Å². The largest absolute Gasteiger partial charge is 0.369 e. The molecule has 2 heterocycles. The average molecular weight is 336 g/mol. The number of nitrogens with one attached hydrogen (secondary N) is 1. The molecule has 0 aliphatic carbocycles. The first-order valence-corrected chi connectivity index (χ1v) is 8.62. The molecule has 0 amide bonds. The molecule has 1 aromatic rings. The molecular formula is C15H23Cl2NOS. The van der Waals surface area contributed by atoms with Crippen LogP contribution in [0.4, 0.5) is 0 Å². The maximum Gasteiger partial charge on any atom is 0.0992 e. The van der Waals surface area contributed by atoms with Gasteiger partial charge in [-0.05, 0) is 46.7 Å². The zero-order valence-electron chi connectivity index (χ0n) is 12.7. The Bertz CT molecular complexity index is 484. The van der Waals surface area contributed by atoms with Gasteiger partial charge in [0.1, 0.15) is 0 Å². The maximum atomic E-state index is 6.37. The van der Waals surface area contributed by atoms with E-state index in [-0.39, 0.29) is 17.2 Å². The molecule has 1 aliphatic heterocycles. The van der Waals surface area contributed by atoms with Gasteiger partial charge in [-0.1, -0.05) is 30.1 Å². The van der Waals surface area contributed by atoms with Gasteiger partial charge in [0, 0.05) is 17.5 Å². The Morgan fingerprint density at radius 2 is 2.05 bits per heavy atom. The van der Waals surface area contributed by atoms with E-state index in [0.717, 1.165) is 27.2 Å². The maximum absolute atomic E-state index is 6.37. The van der Waals surface area contributed by atoms with Gasteiger partial charge < -0.3 is 10.1 Å². The van der Waals surface area contributed by atoms with Crippen molar-refractivity contribution in [1.82, 2.24) is 5.32 Å². The van der Waals surface area contributed by atoms with E-state index in [1.807, 2.05) is 6.07 Å². The zero-order valence-corrected chi connectivity index (χ0v) is 15.0. The molecule has 2 rings (SSSR count). The molecule has 2 unspecified atom stereocenters. The van der Waals surface area contributed by atoms with Crippen LogP contribution in [-0.4, -0.2) is 17.7 Å². The first kappa shape index (κ1) is 16.6. The standard InChI is InChI=1S/C15H23Cl2NOS/c1-6-18-12(9-7-11(16)20-13(9)17)10-8-14(2,3)19-15(10,4)5/h7,10,12,18H,6,8H2,1-5H3. The molecule has 1 aromatic heterocycles. The van der Waals surface area contributed by atoms with Crippen molar-refractivity contribution in [3.05, 3.63) is 20.3 Å². The highest BCUT2D eigenvalue weighted by atomic mass is 35.5. The third kappa shape index (κ3) is 3.33. The van der Waals surface area contributed by atoms with Crippen LogP contribution in [0.3, 0.4) is 0 Å². The summed E-state index contributed by atoms with van der Waals surface area (Å²) in [4.78, 5) is 0. The normalized spacial score (nSPS) is 25.9. The van der Waals surface area contributed by atoms with Gasteiger partial charge >= 0.3 is 0 Å². The van der Waals surface area contributed by atoms with Crippen molar-refractivity contribution in [3.63, 3.8) is 0 Å². The van der Waals surface area contributed by atoms with E-state index in [0.29, 0.717) is 5.92 Å². The molecule has 1 N–H and O–H groups in total. The Hall–Kier alpha value is 0.200. The van der Waals surface area contributed by atoms with Crippen LogP contribution in [0.25, 0.3) is 0 Å². The lowest BCUT2D eigenvalue weighted by Gasteiger charge is -2.33. The minimum absolute atomic E-state index is 0.103. The quantitative estimate of drug-likeness (QED) is 0.806. The topological polar surface area (TPSA) is 21.3 Å². The first-order chi connectivity index (χ1) is 9.16. The fourth-order valence-corrected chi connectivity index (χ4v) is 4.93. The SMILES string of the molecule is CCNC(c1cc(Cl)sc1Cl)C1CC(C)(C)OC1(C)C. The van der Waals surface area contributed by atoms with Crippen LogP contribution in [0.5, 0.6) is 0 Å². The number of hydrogen-bond acceptors (Lipinski definition) is 3. The van der Waals surface area contributed by atoms with E-state index >= 15 is 0 Å². The number of rotatable bonds is 4. The number of halogens is 2. The lowest BCUT2D eigenvalue weighted by atomic mass is 9.79. The zero-order chi connectivity index (χ0) is 15.1. The predicted molar refractivity (Wildman–Crippen MR) is 88.1 cm³/mol. The lowest BCUT2D eigenvalue weighted by Crippen LogP contribution is -2.38. The van der Waals surface area contributed by atoms with Gasteiger partial charge in [0.05, 0.1) is 19.9 Å². The van der Waals surface area contributed by atoms with E-state index < -0.39 is 0 Å². The smallest absolute Gasteiger partial charge is 0.0992 e. The average Bonchev–Trinajstić information content (AvgIpc) is 2.71. The Labute approximate surface area is 135 Å². The van der Waals surface area contributed by atoms with Crippen molar-refractivity contribution in [2.24, 2.45) is 5.92 Å². The number of hydrogen-bond donors (Lipinski definition) is 1. The fraction of sp³-hybridized carbons (Fsp3) is 0.733.